The van der Waals surface area contributed by atoms with Crippen LogP contribution in [0.5, 0.6) is 0 Å². The summed E-state index contributed by atoms with van der Waals surface area (Å²) in [6.45, 7) is 8.79. The number of carboxylic acid groups (broad SMARTS) is 4. The van der Waals surface area contributed by atoms with Crippen molar-refractivity contribution in [2.24, 2.45) is 0 Å². The molecule has 85 heavy (non-hydrogen) atoms. The van der Waals surface area contributed by atoms with Gasteiger partial charge in [0.2, 0.25) is 0 Å². The van der Waals surface area contributed by atoms with Crippen molar-refractivity contribution in [2.75, 3.05) is 0 Å². The number of carboxylic acids is 4. The van der Waals surface area contributed by atoms with Crippen molar-refractivity contribution >= 4 is 51.2 Å². The Bertz CT molecular complexity index is 1270. The number of aliphatic hydroxyl groups is 4. The van der Waals surface area contributed by atoms with Gasteiger partial charge in [-0.2, -0.15) is 0 Å². The summed E-state index contributed by atoms with van der Waals surface area (Å²) in [6, 6.07) is 0. The van der Waals surface area contributed by atoms with E-state index in [-0.39, 0.29) is 77.4 Å². The SMILES string of the molecule is CCCCCC[C@@H](O)C/C=C/CCCCCCCC(=O)[O-].CCCCCC[C@@H](O)C/C=C/CCCCCCCC(=O)[O-].CCCCCC[C@@H](O)C/C=C/CCCCCCCC(=O)[O-].CCCCCC[C@@H](O)C/C=C/CCCCCCCC(=O)[O-].[Pb]. The van der Waals surface area contributed by atoms with Gasteiger partial charge in [0, 0.05) is 51.2 Å². The Labute approximate surface area is 542 Å². The Balaban J connectivity index is -0.000000333. The first kappa shape index (κ1) is 91.3. The third-order valence-corrected chi connectivity index (χ3v) is 14.9. The van der Waals surface area contributed by atoms with E-state index in [4.69, 9.17) is 0 Å². The van der Waals surface area contributed by atoms with Crippen LogP contribution in [-0.2, 0) is 19.2 Å². The van der Waals surface area contributed by atoms with Gasteiger partial charge in [0.1, 0.15) is 0 Å². The van der Waals surface area contributed by atoms with Crippen LogP contribution in [0.25, 0.3) is 0 Å². The molecule has 13 heteroatoms. The maximum absolute atomic E-state index is 10.2. The molecule has 0 aromatic rings. The molecule has 0 heterocycles. The second kappa shape index (κ2) is 79.6. The summed E-state index contributed by atoms with van der Waals surface area (Å²) in [5, 5.41) is 80.0. The second-order valence-corrected chi connectivity index (χ2v) is 23.6. The van der Waals surface area contributed by atoms with E-state index in [2.05, 4.69) is 76.3 Å². The minimum atomic E-state index is -0.939. The first-order chi connectivity index (χ1) is 40.7. The van der Waals surface area contributed by atoms with Crippen LogP contribution in [0.2, 0.25) is 0 Å². The summed E-state index contributed by atoms with van der Waals surface area (Å²) in [4.78, 5) is 40.9. The van der Waals surface area contributed by atoms with Crippen molar-refractivity contribution in [3.63, 3.8) is 0 Å². The van der Waals surface area contributed by atoms with Gasteiger partial charge >= 0.3 is 0 Å². The molecule has 0 rings (SSSR count). The number of unbranched alkanes of at least 4 members (excludes halogenated alkanes) is 32. The zero-order valence-electron chi connectivity index (χ0n) is 55.3. The Kier molecular flexibility index (Phi) is 85.5. The molecule has 4 N–H and O–H groups in total. The summed E-state index contributed by atoms with van der Waals surface area (Å²) >= 11 is 0. The summed E-state index contributed by atoms with van der Waals surface area (Å²) in [5.41, 5.74) is 0. The van der Waals surface area contributed by atoms with E-state index in [0.717, 1.165) is 231 Å². The molecule has 0 saturated carbocycles. The van der Waals surface area contributed by atoms with Crippen LogP contribution >= 0.6 is 0 Å². The second-order valence-electron chi connectivity index (χ2n) is 23.6. The van der Waals surface area contributed by atoms with E-state index in [0.29, 0.717) is 0 Å². The minimum Gasteiger partial charge on any atom is -0.550 e. The summed E-state index contributed by atoms with van der Waals surface area (Å²) < 4.78 is 0. The van der Waals surface area contributed by atoms with E-state index >= 15 is 0 Å². The zero-order chi connectivity index (χ0) is 63.0. The summed E-state index contributed by atoms with van der Waals surface area (Å²) in [6.07, 6.45) is 68.1. The monoisotopic (exact) mass is 1400 g/mol. The molecule has 0 amide bonds. The van der Waals surface area contributed by atoms with Gasteiger partial charge < -0.3 is 60.0 Å². The third-order valence-electron chi connectivity index (χ3n) is 14.9. The van der Waals surface area contributed by atoms with Crippen molar-refractivity contribution in [1.82, 2.24) is 0 Å². The number of hydrogen-bond donors (Lipinski definition) is 4. The van der Waals surface area contributed by atoms with Crippen LogP contribution in [0.3, 0.4) is 0 Å². The smallest absolute Gasteiger partial charge is 0.0574 e. The van der Waals surface area contributed by atoms with Crippen molar-refractivity contribution in [1.29, 1.82) is 0 Å². The summed E-state index contributed by atoms with van der Waals surface area (Å²) in [7, 11) is 0. The molecule has 0 fully saturated rings. The van der Waals surface area contributed by atoms with Gasteiger partial charge in [-0.1, -0.05) is 256 Å². The van der Waals surface area contributed by atoms with Crippen LogP contribution in [0.4, 0.5) is 0 Å². The Morgan fingerprint density at radius 2 is 0.424 bits per heavy atom. The molecule has 0 aliphatic heterocycles. The normalized spacial score (nSPS) is 12.7. The average molecular weight is 1400 g/mol. The molecule has 0 aliphatic carbocycles. The van der Waals surface area contributed by atoms with Gasteiger partial charge in [-0.15, -0.1) is 0 Å². The van der Waals surface area contributed by atoms with Crippen molar-refractivity contribution in [2.45, 2.75) is 386 Å². The molecule has 4 radical (unpaired) electrons. The van der Waals surface area contributed by atoms with Gasteiger partial charge in [-0.05, 0) is 154 Å². The molecule has 0 aromatic carbocycles. The van der Waals surface area contributed by atoms with Gasteiger partial charge in [-0.25, -0.2) is 0 Å². The van der Waals surface area contributed by atoms with Crippen LogP contribution in [-0.4, -0.2) is 96.0 Å². The standard InChI is InChI=1S/4C18H34O3.Pb/c4*1-2-3-4-11-14-17(19)15-12-9-7-5-6-8-10-13-16-18(20)21;/h4*9,12,17,19H,2-8,10-11,13-16H2,1H3,(H,20,21);/p-4/b4*12-9+;/t4*17-;/m1111./s1. The van der Waals surface area contributed by atoms with Gasteiger partial charge in [-0.3, -0.25) is 0 Å². The third kappa shape index (κ3) is 95.4. The number of hydrogen-bond acceptors (Lipinski definition) is 12. The van der Waals surface area contributed by atoms with E-state index < -0.39 is 23.9 Å². The Morgan fingerprint density at radius 1 is 0.259 bits per heavy atom. The Morgan fingerprint density at radius 3 is 0.600 bits per heavy atom. The fraction of sp³-hybridized carbons (Fsp3) is 0.833. The number of carbonyl (C=O) groups is 4. The number of rotatable bonds is 60. The van der Waals surface area contributed by atoms with Gasteiger partial charge in [0.05, 0.1) is 24.4 Å². The predicted molar refractivity (Wildman–Crippen MR) is 349 cm³/mol. The molecule has 0 aromatic heterocycles. The van der Waals surface area contributed by atoms with Crippen LogP contribution in [0.15, 0.2) is 48.6 Å². The first-order valence-electron chi connectivity index (χ1n) is 34.8. The van der Waals surface area contributed by atoms with Crippen molar-refractivity contribution in [3.05, 3.63) is 48.6 Å². The average Bonchev–Trinajstić information content (AvgIpc) is 3.45. The number of carbonyl (C=O) groups excluding carboxylic acids is 4. The summed E-state index contributed by atoms with van der Waals surface area (Å²) in [5.74, 6) is -3.75. The minimum absolute atomic E-state index is 0. The Hall–Kier alpha value is -2.40. The maximum atomic E-state index is 10.2. The van der Waals surface area contributed by atoms with Crippen LogP contribution in [0.1, 0.15) is 362 Å². The number of aliphatic carboxylic acids is 4. The van der Waals surface area contributed by atoms with E-state index in [1.165, 1.54) is 77.0 Å². The van der Waals surface area contributed by atoms with Crippen molar-refractivity contribution < 1.29 is 60.0 Å². The van der Waals surface area contributed by atoms with Gasteiger partial charge in [0.25, 0.3) is 0 Å². The molecule has 12 nitrogen and oxygen atoms in total. The molecular formula is C72H132O12Pb-4. The maximum Gasteiger partial charge on any atom is 0.0574 e. The fourth-order valence-corrected chi connectivity index (χ4v) is 9.43. The molecule has 0 saturated heterocycles. The predicted octanol–water partition coefficient (Wildman–Crippen LogP) is 14.6. The topological polar surface area (TPSA) is 241 Å². The molecule has 0 unspecified atom stereocenters. The van der Waals surface area contributed by atoms with Crippen molar-refractivity contribution in [3.8, 4) is 0 Å². The van der Waals surface area contributed by atoms with Crippen LogP contribution in [0, 0.1) is 0 Å². The fourth-order valence-electron chi connectivity index (χ4n) is 9.43. The number of allylic oxidation sites excluding steroid dienone is 4. The van der Waals surface area contributed by atoms with Gasteiger partial charge in [0.15, 0.2) is 0 Å². The van der Waals surface area contributed by atoms with E-state index in [1.807, 2.05) is 0 Å². The molecule has 0 aliphatic rings. The molecule has 0 bridgehead atoms. The zero-order valence-corrected chi connectivity index (χ0v) is 59.1. The van der Waals surface area contributed by atoms with E-state index in [1.54, 1.807) is 0 Å². The quantitative estimate of drug-likeness (QED) is 0.0253. The first-order valence-corrected chi connectivity index (χ1v) is 34.8. The van der Waals surface area contributed by atoms with E-state index in [9.17, 15) is 60.0 Å². The molecule has 4 atom stereocenters. The molecular weight excluding hydrogens is 1260 g/mol. The number of aliphatic hydroxyl groups excluding tert-OH is 4. The molecule has 500 valence electrons. The largest absolute Gasteiger partial charge is 0.550 e. The van der Waals surface area contributed by atoms with Crippen LogP contribution < -0.4 is 20.4 Å². The molecule has 0 spiro atoms.